The van der Waals surface area contributed by atoms with Crippen LogP contribution in [0.3, 0.4) is 0 Å². The lowest BCUT2D eigenvalue weighted by atomic mass is 10.1. The normalized spacial score (nSPS) is 37.0. The minimum absolute atomic E-state index is 0.0614. The lowest BCUT2D eigenvalue weighted by molar-refractivity contribution is -0.147. The van der Waals surface area contributed by atoms with E-state index >= 15 is 0 Å². The molecule has 2 aliphatic rings. The van der Waals surface area contributed by atoms with Crippen LogP contribution in [0.4, 0.5) is 0 Å². The highest BCUT2D eigenvalue weighted by Crippen LogP contribution is 2.23. The number of nitrogens with one attached hydrogen (secondary N) is 1. The van der Waals surface area contributed by atoms with Crippen LogP contribution in [0.5, 0.6) is 0 Å². The fourth-order valence-electron chi connectivity index (χ4n) is 2.11. The quantitative estimate of drug-likeness (QED) is 0.559. The first-order chi connectivity index (χ1) is 6.63. The summed E-state index contributed by atoms with van der Waals surface area (Å²) < 4.78 is 0. The highest BCUT2D eigenvalue weighted by atomic mass is 16.3. The van der Waals surface area contributed by atoms with Crippen LogP contribution in [0.15, 0.2) is 0 Å². The van der Waals surface area contributed by atoms with Crippen molar-refractivity contribution in [3.8, 4) is 0 Å². The van der Waals surface area contributed by atoms with Crippen molar-refractivity contribution < 1.29 is 14.7 Å². The van der Waals surface area contributed by atoms with E-state index in [2.05, 4.69) is 5.32 Å². The molecule has 2 aliphatic heterocycles. The van der Waals surface area contributed by atoms with Crippen LogP contribution < -0.4 is 5.32 Å². The van der Waals surface area contributed by atoms with Crippen molar-refractivity contribution in [1.82, 2.24) is 10.2 Å². The molecule has 0 aromatic rings. The summed E-state index contributed by atoms with van der Waals surface area (Å²) >= 11 is 0. The van der Waals surface area contributed by atoms with Gasteiger partial charge in [-0.15, -0.1) is 0 Å². The Morgan fingerprint density at radius 2 is 2.29 bits per heavy atom. The lowest BCUT2D eigenvalue weighted by Gasteiger charge is -2.33. The first-order valence-corrected chi connectivity index (χ1v) is 4.92. The van der Waals surface area contributed by atoms with Gasteiger partial charge in [0.25, 0.3) is 0 Å². The molecule has 2 heterocycles. The van der Waals surface area contributed by atoms with Gasteiger partial charge in [0.2, 0.25) is 11.8 Å². The molecule has 0 spiro atoms. The Bertz CT molecular complexity index is 279. The number of nitrogens with zero attached hydrogens (tertiary/aromatic N) is 1. The van der Waals surface area contributed by atoms with Crippen LogP contribution in [0.25, 0.3) is 0 Å². The molecule has 78 valence electrons. The van der Waals surface area contributed by atoms with Crippen molar-refractivity contribution in [3.05, 3.63) is 0 Å². The van der Waals surface area contributed by atoms with E-state index in [0.29, 0.717) is 19.4 Å². The minimum atomic E-state index is -0.551. The van der Waals surface area contributed by atoms with Crippen LogP contribution in [-0.2, 0) is 9.59 Å². The highest BCUT2D eigenvalue weighted by molar-refractivity contribution is 5.97. The second kappa shape index (κ2) is 3.24. The van der Waals surface area contributed by atoms with E-state index < -0.39 is 18.2 Å². The number of fused-ring (bicyclic) bond motifs is 1. The zero-order valence-corrected chi connectivity index (χ0v) is 8.06. The van der Waals surface area contributed by atoms with E-state index in [-0.39, 0.29) is 11.8 Å². The lowest BCUT2D eigenvalue weighted by Crippen LogP contribution is -2.60. The predicted molar refractivity (Wildman–Crippen MR) is 48.3 cm³/mol. The summed E-state index contributed by atoms with van der Waals surface area (Å²) in [4.78, 5) is 24.7. The molecule has 0 aromatic carbocycles. The third-order valence-corrected chi connectivity index (χ3v) is 2.89. The summed E-state index contributed by atoms with van der Waals surface area (Å²) in [5.74, 6) is -0.193. The van der Waals surface area contributed by atoms with Gasteiger partial charge in [-0.25, -0.2) is 0 Å². The second-order valence-corrected chi connectivity index (χ2v) is 3.87. The van der Waals surface area contributed by atoms with Gasteiger partial charge in [0.05, 0.1) is 6.10 Å². The molecule has 0 saturated carbocycles. The van der Waals surface area contributed by atoms with Gasteiger partial charge in [-0.3, -0.25) is 9.59 Å². The van der Waals surface area contributed by atoms with Gasteiger partial charge >= 0.3 is 0 Å². The van der Waals surface area contributed by atoms with Crippen LogP contribution in [0.1, 0.15) is 19.8 Å². The Labute approximate surface area is 82.1 Å². The summed E-state index contributed by atoms with van der Waals surface area (Å²) in [7, 11) is 0. The Kier molecular flexibility index (Phi) is 2.19. The molecule has 3 atom stereocenters. The van der Waals surface area contributed by atoms with Crippen LogP contribution in [-0.4, -0.2) is 46.6 Å². The minimum Gasteiger partial charge on any atom is -0.391 e. The molecule has 2 N–H and O–H groups in total. The summed E-state index contributed by atoms with van der Waals surface area (Å²) in [6.07, 6.45) is 0.419. The zero-order valence-electron chi connectivity index (χ0n) is 8.06. The number of amides is 2. The van der Waals surface area contributed by atoms with Gasteiger partial charge < -0.3 is 15.3 Å². The molecule has 1 unspecified atom stereocenters. The maximum atomic E-state index is 11.7. The topological polar surface area (TPSA) is 69.6 Å². The molecule has 0 bridgehead atoms. The molecular weight excluding hydrogens is 184 g/mol. The predicted octanol–water partition coefficient (Wildman–Crippen LogP) is -1.14. The Morgan fingerprint density at radius 3 is 2.93 bits per heavy atom. The maximum absolute atomic E-state index is 11.7. The number of hydrogen-bond acceptors (Lipinski definition) is 3. The Balaban J connectivity index is 2.20. The molecule has 5 heteroatoms. The van der Waals surface area contributed by atoms with E-state index in [1.807, 2.05) is 6.92 Å². The van der Waals surface area contributed by atoms with E-state index in [9.17, 15) is 14.7 Å². The van der Waals surface area contributed by atoms with Crippen molar-refractivity contribution in [1.29, 1.82) is 0 Å². The van der Waals surface area contributed by atoms with Crippen molar-refractivity contribution >= 4 is 11.8 Å². The molecule has 0 aromatic heterocycles. The highest BCUT2D eigenvalue weighted by Gasteiger charge is 2.45. The Morgan fingerprint density at radius 1 is 1.57 bits per heavy atom. The van der Waals surface area contributed by atoms with Crippen molar-refractivity contribution in [3.63, 3.8) is 0 Å². The molecule has 0 radical (unpaired) electrons. The van der Waals surface area contributed by atoms with Gasteiger partial charge in [0, 0.05) is 13.0 Å². The number of rotatable bonds is 1. The third kappa shape index (κ3) is 1.28. The van der Waals surface area contributed by atoms with Gasteiger partial charge in [-0.1, -0.05) is 6.92 Å². The Hall–Kier alpha value is -1.10. The smallest absolute Gasteiger partial charge is 0.245 e. The number of aliphatic hydroxyl groups excluding tert-OH is 1. The van der Waals surface area contributed by atoms with Gasteiger partial charge in [0.15, 0.2) is 0 Å². The van der Waals surface area contributed by atoms with Crippen LogP contribution in [0, 0.1) is 0 Å². The largest absolute Gasteiger partial charge is 0.391 e. The summed E-state index contributed by atoms with van der Waals surface area (Å²) in [6, 6.07) is -0.843. The molecule has 2 amide bonds. The molecule has 14 heavy (non-hydrogen) atoms. The first kappa shape index (κ1) is 9.45. The fraction of sp³-hybridized carbons (Fsp3) is 0.778. The number of aliphatic hydroxyl groups is 1. The van der Waals surface area contributed by atoms with Gasteiger partial charge in [0.1, 0.15) is 12.1 Å². The van der Waals surface area contributed by atoms with Crippen molar-refractivity contribution in [2.45, 2.75) is 38.0 Å². The average Bonchev–Trinajstić information content (AvgIpc) is 2.54. The van der Waals surface area contributed by atoms with E-state index in [1.54, 1.807) is 0 Å². The molecule has 0 aliphatic carbocycles. The number of hydrogen-bond donors (Lipinski definition) is 2. The summed E-state index contributed by atoms with van der Waals surface area (Å²) in [5.41, 5.74) is 0. The van der Waals surface area contributed by atoms with Crippen LogP contribution >= 0.6 is 0 Å². The van der Waals surface area contributed by atoms with E-state index in [0.717, 1.165) is 0 Å². The second-order valence-electron chi connectivity index (χ2n) is 3.87. The molecule has 2 rings (SSSR count). The van der Waals surface area contributed by atoms with E-state index in [1.165, 1.54) is 4.90 Å². The molecule has 5 nitrogen and oxygen atoms in total. The maximum Gasteiger partial charge on any atom is 0.245 e. The number of carbonyl (C=O) groups is 2. The summed E-state index contributed by atoms with van der Waals surface area (Å²) in [5, 5.41) is 12.0. The number of carbonyl (C=O) groups excluding carboxylic acids is 2. The standard InChI is InChI=1S/C9H14N2O3/c1-2-6-9(14)11-4-5(12)3-7(11)8(13)10-6/h5-7,12H,2-4H2,1H3,(H,10,13)/t5?,6-,7-/m0/s1. The van der Waals surface area contributed by atoms with Crippen LogP contribution in [0.2, 0.25) is 0 Å². The molecule has 2 fully saturated rings. The average molecular weight is 198 g/mol. The van der Waals surface area contributed by atoms with Crippen molar-refractivity contribution in [2.24, 2.45) is 0 Å². The van der Waals surface area contributed by atoms with Crippen molar-refractivity contribution in [2.75, 3.05) is 6.54 Å². The number of piperazine rings is 1. The third-order valence-electron chi connectivity index (χ3n) is 2.89. The molecular formula is C9H14N2O3. The van der Waals surface area contributed by atoms with Gasteiger partial charge in [-0.05, 0) is 6.42 Å². The fourth-order valence-corrected chi connectivity index (χ4v) is 2.11. The zero-order chi connectivity index (χ0) is 10.3. The SMILES string of the molecule is CC[C@@H]1NC(=O)[C@@H]2CC(O)CN2C1=O. The van der Waals surface area contributed by atoms with Gasteiger partial charge in [-0.2, -0.15) is 0 Å². The summed E-state index contributed by atoms with van der Waals surface area (Å²) in [6.45, 7) is 2.16. The van der Waals surface area contributed by atoms with E-state index in [4.69, 9.17) is 0 Å². The molecule has 2 saturated heterocycles. The monoisotopic (exact) mass is 198 g/mol. The first-order valence-electron chi connectivity index (χ1n) is 4.92.